The molecule has 162 valence electrons. The molecule has 0 saturated carbocycles. The van der Waals surface area contributed by atoms with Crippen LogP contribution in [0.25, 0.3) is 0 Å². The van der Waals surface area contributed by atoms with Crippen molar-refractivity contribution < 1.29 is 26.4 Å². The number of amides is 1. The van der Waals surface area contributed by atoms with Crippen molar-refractivity contribution in [1.82, 2.24) is 4.90 Å². The summed E-state index contributed by atoms with van der Waals surface area (Å²) in [6.45, 7) is 2.69. The van der Waals surface area contributed by atoms with Crippen molar-refractivity contribution in [3.8, 4) is 0 Å². The van der Waals surface area contributed by atoms with Gasteiger partial charge in [0, 0.05) is 32.2 Å². The van der Waals surface area contributed by atoms with E-state index in [1.807, 2.05) is 4.90 Å². The van der Waals surface area contributed by atoms with E-state index < -0.39 is 33.6 Å². The first kappa shape index (κ1) is 21.9. The summed E-state index contributed by atoms with van der Waals surface area (Å²) in [6.07, 6.45) is 0.897. The first-order chi connectivity index (χ1) is 14.1. The van der Waals surface area contributed by atoms with Crippen molar-refractivity contribution in [1.29, 1.82) is 0 Å². The Morgan fingerprint density at radius 3 is 2.17 bits per heavy atom. The average molecular weight is 441 g/mol. The summed E-state index contributed by atoms with van der Waals surface area (Å²) in [4.78, 5) is 16.3. The molecule has 1 atom stereocenters. The summed E-state index contributed by atoms with van der Waals surface area (Å²) < 4.78 is 66.3. The molecular formula is C20H22F3N3O3S. The van der Waals surface area contributed by atoms with Gasteiger partial charge in [-0.05, 0) is 31.2 Å². The summed E-state index contributed by atoms with van der Waals surface area (Å²) in [6, 6.07) is 7.85. The Hall–Kier alpha value is -2.75. The molecule has 1 aliphatic heterocycles. The molecule has 1 fully saturated rings. The van der Waals surface area contributed by atoms with E-state index in [4.69, 9.17) is 0 Å². The van der Waals surface area contributed by atoms with Gasteiger partial charge in [-0.25, -0.2) is 21.6 Å². The van der Waals surface area contributed by atoms with Gasteiger partial charge in [0.2, 0.25) is 15.9 Å². The van der Waals surface area contributed by atoms with Crippen LogP contribution in [-0.4, -0.2) is 57.7 Å². The fraction of sp³-hybridized carbons (Fsp3) is 0.350. The van der Waals surface area contributed by atoms with Crippen LogP contribution < -0.4 is 9.21 Å². The van der Waals surface area contributed by atoms with Crippen molar-refractivity contribution in [2.75, 3.05) is 41.6 Å². The molecule has 2 aromatic carbocycles. The molecule has 0 radical (unpaired) electrons. The highest BCUT2D eigenvalue weighted by Gasteiger charge is 2.34. The largest absolute Gasteiger partial charge is 0.366 e. The smallest absolute Gasteiger partial charge is 0.246 e. The van der Waals surface area contributed by atoms with E-state index >= 15 is 0 Å². The molecule has 6 nitrogen and oxygen atoms in total. The van der Waals surface area contributed by atoms with Gasteiger partial charge in [0.15, 0.2) is 11.6 Å². The molecular weight excluding hydrogens is 419 g/mol. The Labute approximate surface area is 173 Å². The number of piperazine rings is 1. The highest BCUT2D eigenvalue weighted by Crippen LogP contribution is 2.25. The summed E-state index contributed by atoms with van der Waals surface area (Å²) in [5.74, 6) is -3.15. The average Bonchev–Trinajstić information content (AvgIpc) is 2.70. The van der Waals surface area contributed by atoms with E-state index in [1.165, 1.54) is 17.9 Å². The topological polar surface area (TPSA) is 60.9 Å². The standard InChI is InChI=1S/C20H22F3N3O3S/c1-14(26(30(2,28)29)15-7-8-16(21)18(23)13-15)20(27)25-11-9-24(10-12-25)19-6-4-3-5-17(19)22/h3-8,13-14H,9-12H2,1-2H3. The second-order valence-corrected chi connectivity index (χ2v) is 8.96. The van der Waals surface area contributed by atoms with Gasteiger partial charge in [-0.2, -0.15) is 0 Å². The van der Waals surface area contributed by atoms with E-state index in [2.05, 4.69) is 0 Å². The minimum absolute atomic E-state index is 0.137. The second kappa shape index (κ2) is 8.55. The molecule has 1 saturated heterocycles. The molecule has 0 aliphatic carbocycles. The number of para-hydroxylation sites is 1. The highest BCUT2D eigenvalue weighted by atomic mass is 32.2. The predicted molar refractivity (Wildman–Crippen MR) is 108 cm³/mol. The van der Waals surface area contributed by atoms with Crippen molar-refractivity contribution in [2.45, 2.75) is 13.0 Å². The normalized spacial score (nSPS) is 15.8. The van der Waals surface area contributed by atoms with Crippen molar-refractivity contribution in [3.63, 3.8) is 0 Å². The van der Waals surface area contributed by atoms with Crippen LogP contribution in [0.2, 0.25) is 0 Å². The maximum Gasteiger partial charge on any atom is 0.246 e. The van der Waals surface area contributed by atoms with Crippen LogP contribution in [0.15, 0.2) is 42.5 Å². The van der Waals surface area contributed by atoms with Gasteiger partial charge in [-0.3, -0.25) is 9.10 Å². The number of benzene rings is 2. The lowest BCUT2D eigenvalue weighted by Crippen LogP contribution is -2.55. The van der Waals surface area contributed by atoms with Gasteiger partial charge in [-0.15, -0.1) is 0 Å². The molecule has 0 spiro atoms. The van der Waals surface area contributed by atoms with E-state index in [1.54, 1.807) is 18.2 Å². The van der Waals surface area contributed by atoms with Crippen LogP contribution in [0.1, 0.15) is 6.92 Å². The summed E-state index contributed by atoms with van der Waals surface area (Å²) in [5.41, 5.74) is 0.305. The number of anilines is 2. The second-order valence-electron chi connectivity index (χ2n) is 7.10. The van der Waals surface area contributed by atoms with Gasteiger partial charge in [0.05, 0.1) is 17.6 Å². The summed E-state index contributed by atoms with van der Waals surface area (Å²) in [5, 5.41) is 0. The zero-order valence-electron chi connectivity index (χ0n) is 16.6. The fourth-order valence-corrected chi connectivity index (χ4v) is 4.73. The van der Waals surface area contributed by atoms with E-state index in [-0.39, 0.29) is 24.6 Å². The molecule has 0 N–H and O–H groups in total. The molecule has 1 amide bonds. The molecule has 0 bridgehead atoms. The quantitative estimate of drug-likeness (QED) is 0.716. The maximum atomic E-state index is 14.0. The maximum absolute atomic E-state index is 14.0. The molecule has 30 heavy (non-hydrogen) atoms. The minimum Gasteiger partial charge on any atom is -0.366 e. The fourth-order valence-electron chi connectivity index (χ4n) is 3.56. The number of carbonyl (C=O) groups excluding carboxylic acids is 1. The third-order valence-corrected chi connectivity index (χ3v) is 6.25. The number of halogens is 3. The van der Waals surface area contributed by atoms with Crippen LogP contribution in [0.5, 0.6) is 0 Å². The molecule has 10 heteroatoms. The van der Waals surface area contributed by atoms with Crippen LogP contribution >= 0.6 is 0 Å². The van der Waals surface area contributed by atoms with Crippen molar-refractivity contribution in [3.05, 3.63) is 59.9 Å². The van der Waals surface area contributed by atoms with Crippen molar-refractivity contribution >= 4 is 27.3 Å². The zero-order chi connectivity index (χ0) is 22.1. The van der Waals surface area contributed by atoms with E-state index in [0.29, 0.717) is 18.8 Å². The van der Waals surface area contributed by atoms with Crippen LogP contribution in [0, 0.1) is 17.5 Å². The minimum atomic E-state index is -3.95. The number of carbonyl (C=O) groups is 1. The number of rotatable bonds is 5. The van der Waals surface area contributed by atoms with Gasteiger partial charge >= 0.3 is 0 Å². The molecule has 2 aromatic rings. The lowest BCUT2D eigenvalue weighted by Gasteiger charge is -2.39. The van der Waals surface area contributed by atoms with Crippen LogP contribution in [0.3, 0.4) is 0 Å². The van der Waals surface area contributed by atoms with Gasteiger partial charge in [0.1, 0.15) is 11.9 Å². The Bertz CT molecular complexity index is 1040. The molecule has 0 aromatic heterocycles. The molecule has 1 aliphatic rings. The Morgan fingerprint density at radius 1 is 0.967 bits per heavy atom. The Balaban J connectivity index is 1.76. The Kier molecular flexibility index (Phi) is 6.25. The zero-order valence-corrected chi connectivity index (χ0v) is 17.4. The third kappa shape index (κ3) is 4.53. The first-order valence-corrected chi connectivity index (χ1v) is 11.2. The number of hydrogen-bond donors (Lipinski definition) is 0. The van der Waals surface area contributed by atoms with Crippen LogP contribution in [0.4, 0.5) is 24.5 Å². The van der Waals surface area contributed by atoms with Gasteiger partial charge < -0.3 is 9.80 Å². The number of nitrogens with zero attached hydrogens (tertiary/aromatic N) is 3. The van der Waals surface area contributed by atoms with Gasteiger partial charge in [0.25, 0.3) is 0 Å². The summed E-state index contributed by atoms with van der Waals surface area (Å²) >= 11 is 0. The predicted octanol–water partition coefficient (Wildman–Crippen LogP) is 2.61. The lowest BCUT2D eigenvalue weighted by molar-refractivity contribution is -0.132. The lowest BCUT2D eigenvalue weighted by atomic mass is 10.2. The van der Waals surface area contributed by atoms with E-state index in [0.717, 1.165) is 28.8 Å². The molecule has 1 heterocycles. The first-order valence-electron chi connectivity index (χ1n) is 9.32. The summed E-state index contributed by atoms with van der Waals surface area (Å²) in [7, 11) is -3.95. The highest BCUT2D eigenvalue weighted by molar-refractivity contribution is 7.92. The number of sulfonamides is 1. The van der Waals surface area contributed by atoms with Crippen LogP contribution in [-0.2, 0) is 14.8 Å². The number of hydrogen-bond acceptors (Lipinski definition) is 4. The monoisotopic (exact) mass is 441 g/mol. The van der Waals surface area contributed by atoms with Gasteiger partial charge in [-0.1, -0.05) is 12.1 Å². The molecule has 3 rings (SSSR count). The Morgan fingerprint density at radius 2 is 1.60 bits per heavy atom. The SMILES string of the molecule is CC(C(=O)N1CCN(c2ccccc2F)CC1)N(c1ccc(F)c(F)c1)S(C)(=O)=O. The third-order valence-electron chi connectivity index (χ3n) is 5.01. The van der Waals surface area contributed by atoms with Crippen molar-refractivity contribution in [2.24, 2.45) is 0 Å². The van der Waals surface area contributed by atoms with E-state index in [9.17, 15) is 26.4 Å². The molecule has 1 unspecified atom stereocenters.